The number of sulfonamides is 1. The van der Waals surface area contributed by atoms with Gasteiger partial charge in [-0.05, 0) is 12.3 Å². The number of nitrogens with zero attached hydrogens (tertiary/aromatic N) is 2. The molecule has 6 nitrogen and oxygen atoms in total. The monoisotopic (exact) mass is 245 g/mol. The summed E-state index contributed by atoms with van der Waals surface area (Å²) in [4.78, 5) is 6.27. The fraction of sp³-hybridized carbons (Fsp3) is 0.667. The molecule has 1 aliphatic heterocycles. The number of aromatic nitrogens is 2. The smallest absolute Gasteiger partial charge is 0.260 e. The molecule has 0 radical (unpaired) electrons. The van der Waals surface area contributed by atoms with E-state index in [1.165, 1.54) is 16.8 Å². The molecule has 2 unspecified atom stereocenters. The second kappa shape index (κ2) is 4.15. The van der Waals surface area contributed by atoms with Gasteiger partial charge in [0, 0.05) is 13.1 Å². The lowest BCUT2D eigenvalue weighted by Gasteiger charge is -2.32. The number of hydrogen-bond acceptors (Lipinski definition) is 4. The first-order valence-corrected chi connectivity index (χ1v) is 6.62. The highest BCUT2D eigenvalue weighted by Crippen LogP contribution is 2.22. The van der Waals surface area contributed by atoms with Gasteiger partial charge in [0.15, 0.2) is 5.03 Å². The molecule has 2 atom stereocenters. The van der Waals surface area contributed by atoms with E-state index in [2.05, 4.69) is 9.97 Å². The number of rotatable bonds is 2. The molecule has 7 heteroatoms. The average molecular weight is 245 g/mol. The van der Waals surface area contributed by atoms with Gasteiger partial charge >= 0.3 is 0 Å². The first-order chi connectivity index (χ1) is 7.51. The Morgan fingerprint density at radius 1 is 1.62 bits per heavy atom. The van der Waals surface area contributed by atoms with Gasteiger partial charge in [0.05, 0.1) is 18.6 Å². The third-order valence-electron chi connectivity index (χ3n) is 2.97. The highest BCUT2D eigenvalue weighted by Gasteiger charge is 2.33. The Hall–Kier alpha value is -0.920. The van der Waals surface area contributed by atoms with Crippen molar-refractivity contribution in [2.24, 2.45) is 5.92 Å². The summed E-state index contributed by atoms with van der Waals surface area (Å²) >= 11 is 0. The number of imidazole rings is 1. The molecule has 90 valence electrons. The number of aliphatic hydroxyl groups excluding tert-OH is 1. The number of H-pyrrole nitrogens is 1. The zero-order valence-electron chi connectivity index (χ0n) is 9.00. The van der Waals surface area contributed by atoms with Crippen molar-refractivity contribution in [1.82, 2.24) is 14.3 Å². The van der Waals surface area contributed by atoms with Gasteiger partial charge in [-0.3, -0.25) is 0 Å². The van der Waals surface area contributed by atoms with Crippen LogP contribution in [0.15, 0.2) is 17.6 Å². The normalized spacial score (nSPS) is 28.1. The van der Waals surface area contributed by atoms with Crippen molar-refractivity contribution in [3.05, 3.63) is 12.5 Å². The Morgan fingerprint density at radius 3 is 2.94 bits per heavy atom. The number of hydrogen-bond donors (Lipinski definition) is 2. The Morgan fingerprint density at radius 2 is 2.38 bits per heavy atom. The number of β-amino-alcohol motifs (C(OH)–C–C–N with tert-alkyl or cyclic N) is 1. The SMILES string of the molecule is CC1CCN(S(=O)(=O)c2cnc[nH]2)CC1O. The lowest BCUT2D eigenvalue weighted by molar-refractivity contribution is 0.0604. The van der Waals surface area contributed by atoms with Crippen molar-refractivity contribution >= 4 is 10.0 Å². The van der Waals surface area contributed by atoms with E-state index in [0.29, 0.717) is 13.0 Å². The predicted molar refractivity (Wildman–Crippen MR) is 57.1 cm³/mol. The fourth-order valence-electron chi connectivity index (χ4n) is 1.76. The minimum Gasteiger partial charge on any atom is -0.391 e. The molecule has 0 bridgehead atoms. The third-order valence-corrected chi connectivity index (χ3v) is 4.76. The topological polar surface area (TPSA) is 86.3 Å². The maximum Gasteiger partial charge on any atom is 0.260 e. The van der Waals surface area contributed by atoms with E-state index < -0.39 is 16.1 Å². The molecule has 2 heterocycles. The molecule has 1 saturated heterocycles. The average Bonchev–Trinajstić information content (AvgIpc) is 2.75. The van der Waals surface area contributed by atoms with Gasteiger partial charge < -0.3 is 10.1 Å². The molecule has 1 fully saturated rings. The summed E-state index contributed by atoms with van der Waals surface area (Å²) in [5, 5.41) is 9.76. The minimum atomic E-state index is -3.52. The number of aliphatic hydroxyl groups is 1. The van der Waals surface area contributed by atoms with Crippen LogP contribution in [0.3, 0.4) is 0 Å². The minimum absolute atomic E-state index is 0.0780. The molecular weight excluding hydrogens is 230 g/mol. The third kappa shape index (κ3) is 1.98. The molecule has 0 saturated carbocycles. The van der Waals surface area contributed by atoms with Crippen molar-refractivity contribution in [2.45, 2.75) is 24.5 Å². The Kier molecular flexibility index (Phi) is 3.00. The molecule has 2 rings (SSSR count). The van der Waals surface area contributed by atoms with Crippen LogP contribution in [0, 0.1) is 5.92 Å². The second-order valence-corrected chi connectivity index (χ2v) is 6.02. The zero-order valence-corrected chi connectivity index (χ0v) is 9.81. The summed E-state index contributed by atoms with van der Waals surface area (Å²) in [6.45, 7) is 2.52. The maximum absolute atomic E-state index is 12.0. The van der Waals surface area contributed by atoms with Gasteiger partial charge in [0.25, 0.3) is 10.0 Å². The van der Waals surface area contributed by atoms with Crippen LogP contribution in [-0.4, -0.2) is 47.0 Å². The molecule has 0 aromatic carbocycles. The highest BCUT2D eigenvalue weighted by molar-refractivity contribution is 7.89. The Balaban J connectivity index is 2.20. The molecule has 0 amide bonds. The van der Waals surface area contributed by atoms with Crippen LogP contribution >= 0.6 is 0 Å². The van der Waals surface area contributed by atoms with E-state index in [0.717, 1.165) is 0 Å². The van der Waals surface area contributed by atoms with Crippen molar-refractivity contribution in [2.75, 3.05) is 13.1 Å². The van der Waals surface area contributed by atoms with Crippen LogP contribution in [0.2, 0.25) is 0 Å². The molecule has 1 aromatic rings. The lowest BCUT2D eigenvalue weighted by atomic mass is 9.98. The van der Waals surface area contributed by atoms with Gasteiger partial charge in [-0.2, -0.15) is 4.31 Å². The largest absolute Gasteiger partial charge is 0.391 e. The first kappa shape index (κ1) is 11.6. The molecule has 2 N–H and O–H groups in total. The maximum atomic E-state index is 12.0. The van der Waals surface area contributed by atoms with E-state index in [4.69, 9.17) is 0 Å². The predicted octanol–water partition coefficient (Wildman–Crippen LogP) is -0.199. The van der Waals surface area contributed by atoms with E-state index in [-0.39, 0.29) is 17.5 Å². The first-order valence-electron chi connectivity index (χ1n) is 5.18. The summed E-state index contributed by atoms with van der Waals surface area (Å²) < 4.78 is 25.4. The van der Waals surface area contributed by atoms with Crippen molar-refractivity contribution in [3.63, 3.8) is 0 Å². The summed E-state index contributed by atoms with van der Waals surface area (Å²) in [5.74, 6) is 0.146. The molecule has 1 aliphatic rings. The Bertz CT molecular complexity index is 443. The number of piperidine rings is 1. The summed E-state index contributed by atoms with van der Waals surface area (Å²) in [6, 6.07) is 0. The van der Waals surface area contributed by atoms with Gasteiger partial charge in [-0.25, -0.2) is 13.4 Å². The van der Waals surface area contributed by atoms with E-state index in [1.807, 2.05) is 6.92 Å². The van der Waals surface area contributed by atoms with Gasteiger partial charge in [-0.15, -0.1) is 0 Å². The van der Waals surface area contributed by atoms with Crippen molar-refractivity contribution in [1.29, 1.82) is 0 Å². The molecule has 1 aromatic heterocycles. The summed E-state index contributed by atoms with van der Waals surface area (Å²) in [6.07, 6.45) is 2.69. The standard InChI is InChI=1S/C9H15N3O3S/c1-7-2-3-12(5-8(7)13)16(14,15)9-4-10-6-11-9/h4,6-8,13H,2-3,5H2,1H3,(H,10,11). The fourth-order valence-corrected chi connectivity index (χ4v) is 3.13. The Labute approximate surface area is 94.4 Å². The van der Waals surface area contributed by atoms with Gasteiger partial charge in [0.1, 0.15) is 0 Å². The molecule has 0 aliphatic carbocycles. The van der Waals surface area contributed by atoms with Crippen molar-refractivity contribution in [3.8, 4) is 0 Å². The number of nitrogens with one attached hydrogen (secondary N) is 1. The second-order valence-electron chi connectivity index (χ2n) is 4.11. The van der Waals surface area contributed by atoms with E-state index in [1.54, 1.807) is 0 Å². The van der Waals surface area contributed by atoms with Crippen LogP contribution in [0.5, 0.6) is 0 Å². The molecule has 16 heavy (non-hydrogen) atoms. The summed E-state index contributed by atoms with van der Waals surface area (Å²) in [5.41, 5.74) is 0. The quantitative estimate of drug-likeness (QED) is 0.755. The molecule has 0 spiro atoms. The summed E-state index contributed by atoms with van der Waals surface area (Å²) in [7, 11) is -3.52. The van der Waals surface area contributed by atoms with Crippen LogP contribution < -0.4 is 0 Å². The lowest BCUT2D eigenvalue weighted by Crippen LogP contribution is -2.45. The van der Waals surface area contributed by atoms with E-state index >= 15 is 0 Å². The van der Waals surface area contributed by atoms with Crippen LogP contribution in [-0.2, 0) is 10.0 Å². The zero-order chi connectivity index (χ0) is 11.8. The van der Waals surface area contributed by atoms with Gasteiger partial charge in [0.2, 0.25) is 0 Å². The van der Waals surface area contributed by atoms with Crippen molar-refractivity contribution < 1.29 is 13.5 Å². The number of aromatic amines is 1. The molecular formula is C9H15N3O3S. The van der Waals surface area contributed by atoms with Crippen LogP contribution in [0.4, 0.5) is 0 Å². The van der Waals surface area contributed by atoms with E-state index in [9.17, 15) is 13.5 Å². The van der Waals surface area contributed by atoms with Crippen LogP contribution in [0.25, 0.3) is 0 Å². The van der Waals surface area contributed by atoms with Gasteiger partial charge in [-0.1, -0.05) is 6.92 Å². The highest BCUT2D eigenvalue weighted by atomic mass is 32.2. The van der Waals surface area contributed by atoms with Crippen LogP contribution in [0.1, 0.15) is 13.3 Å².